The summed E-state index contributed by atoms with van der Waals surface area (Å²) in [5, 5.41) is 5.25. The molecule has 0 saturated carbocycles. The Morgan fingerprint density at radius 1 is 0.794 bits per heavy atom. The van der Waals surface area contributed by atoms with Crippen molar-refractivity contribution in [1.29, 1.82) is 0 Å². The average molecular weight is 485 g/mol. The van der Waals surface area contributed by atoms with Gasteiger partial charge in [-0.25, -0.2) is 0 Å². The van der Waals surface area contributed by atoms with E-state index in [1.807, 2.05) is 6.92 Å². The molecule has 9 heteroatoms. The van der Waals surface area contributed by atoms with Crippen molar-refractivity contribution < 1.29 is 19.1 Å². The number of hydrogen-bond acceptors (Lipinski definition) is 5. The number of hydrazine groups is 1. The van der Waals surface area contributed by atoms with Gasteiger partial charge in [0.05, 0.1) is 6.61 Å². The largest absolute Gasteiger partial charge is 0.494 e. The van der Waals surface area contributed by atoms with Crippen molar-refractivity contribution in [3.8, 4) is 5.75 Å². The predicted octanol–water partition coefficient (Wildman–Crippen LogP) is 4.33. The molecular formula is C25H32N4O4S. The van der Waals surface area contributed by atoms with E-state index in [-0.39, 0.29) is 11.0 Å². The normalized spacial score (nSPS) is 10.2. The lowest BCUT2D eigenvalue weighted by Crippen LogP contribution is -2.48. The van der Waals surface area contributed by atoms with Crippen molar-refractivity contribution in [1.82, 2.24) is 16.2 Å². The lowest BCUT2D eigenvalue weighted by atomic mass is 10.2. The summed E-state index contributed by atoms with van der Waals surface area (Å²) >= 11 is 5.08. The van der Waals surface area contributed by atoms with Crippen LogP contribution in [0.3, 0.4) is 0 Å². The summed E-state index contributed by atoms with van der Waals surface area (Å²) in [5.74, 6) is -0.208. The highest BCUT2D eigenvalue weighted by Gasteiger charge is 2.10. The van der Waals surface area contributed by atoms with Crippen molar-refractivity contribution in [2.24, 2.45) is 0 Å². The average Bonchev–Trinajstić information content (AvgIpc) is 2.84. The maximum absolute atomic E-state index is 12.3. The summed E-state index contributed by atoms with van der Waals surface area (Å²) in [6.07, 6.45) is 5.47. The molecular weight excluding hydrogens is 452 g/mol. The molecule has 0 aliphatic heterocycles. The van der Waals surface area contributed by atoms with Crippen LogP contribution in [-0.2, 0) is 4.79 Å². The van der Waals surface area contributed by atoms with Crippen molar-refractivity contribution in [2.45, 2.75) is 52.4 Å². The number of hydrogen-bond donors (Lipinski definition) is 4. The Bertz CT molecular complexity index is 962. The van der Waals surface area contributed by atoms with Crippen molar-refractivity contribution in [2.75, 3.05) is 11.9 Å². The molecule has 0 fully saturated rings. The van der Waals surface area contributed by atoms with Crippen LogP contribution >= 0.6 is 12.2 Å². The SMILES string of the molecule is CCCCCOc1ccc(C(=O)NC(=S)NNC(=O)c2ccc(NC(=O)CCCC)cc2)cc1. The van der Waals surface area contributed by atoms with E-state index in [0.29, 0.717) is 35.6 Å². The molecule has 0 aliphatic carbocycles. The third-order valence-electron chi connectivity index (χ3n) is 4.84. The van der Waals surface area contributed by atoms with Crippen LogP contribution in [0.15, 0.2) is 48.5 Å². The second kappa shape index (κ2) is 14.6. The highest BCUT2D eigenvalue weighted by molar-refractivity contribution is 7.80. The fourth-order valence-electron chi connectivity index (χ4n) is 2.90. The van der Waals surface area contributed by atoms with Crippen molar-refractivity contribution >= 4 is 40.7 Å². The molecule has 0 radical (unpaired) electrons. The fourth-order valence-corrected chi connectivity index (χ4v) is 3.05. The first-order valence-electron chi connectivity index (χ1n) is 11.5. The molecule has 3 amide bonds. The van der Waals surface area contributed by atoms with Crippen molar-refractivity contribution in [3.63, 3.8) is 0 Å². The molecule has 0 atom stereocenters. The summed E-state index contributed by atoms with van der Waals surface area (Å²) < 4.78 is 5.63. The molecule has 2 rings (SSSR count). The van der Waals surface area contributed by atoms with E-state index in [1.165, 1.54) is 0 Å². The Morgan fingerprint density at radius 3 is 2.06 bits per heavy atom. The molecule has 0 saturated heterocycles. The maximum atomic E-state index is 12.3. The highest BCUT2D eigenvalue weighted by atomic mass is 32.1. The summed E-state index contributed by atoms with van der Waals surface area (Å²) in [6.45, 7) is 4.80. The van der Waals surface area contributed by atoms with Gasteiger partial charge in [0.15, 0.2) is 5.11 Å². The second-order valence-corrected chi connectivity index (χ2v) is 8.08. The predicted molar refractivity (Wildman–Crippen MR) is 137 cm³/mol. The number of unbranched alkanes of at least 4 members (excludes halogenated alkanes) is 3. The van der Waals surface area contributed by atoms with Gasteiger partial charge in [0, 0.05) is 23.2 Å². The van der Waals surface area contributed by atoms with Gasteiger partial charge in [0.1, 0.15) is 5.75 Å². The Kier molecular flexibility index (Phi) is 11.5. The Labute approximate surface area is 205 Å². The third-order valence-corrected chi connectivity index (χ3v) is 5.04. The minimum atomic E-state index is -0.440. The first kappa shape index (κ1) is 26.8. The van der Waals surface area contributed by atoms with E-state index < -0.39 is 11.8 Å². The summed E-state index contributed by atoms with van der Waals surface area (Å²) in [7, 11) is 0. The van der Waals surface area contributed by atoms with E-state index in [1.54, 1.807) is 48.5 Å². The van der Waals surface area contributed by atoms with Crippen LogP contribution in [0, 0.1) is 0 Å². The summed E-state index contributed by atoms with van der Waals surface area (Å²) in [6, 6.07) is 13.2. The quantitative estimate of drug-likeness (QED) is 0.215. The van der Waals surface area contributed by atoms with Crippen LogP contribution in [-0.4, -0.2) is 29.4 Å². The minimum absolute atomic E-state index is 0.0435. The Balaban J connectivity index is 1.76. The van der Waals surface area contributed by atoms with Crippen LogP contribution in [0.25, 0.3) is 0 Å². The van der Waals surface area contributed by atoms with Crippen LogP contribution in [0.4, 0.5) is 5.69 Å². The topological polar surface area (TPSA) is 109 Å². The summed E-state index contributed by atoms with van der Waals surface area (Å²) in [5.41, 5.74) is 6.33. The molecule has 0 aliphatic rings. The number of amides is 3. The van der Waals surface area contributed by atoms with Crippen molar-refractivity contribution in [3.05, 3.63) is 59.7 Å². The van der Waals surface area contributed by atoms with Crippen LogP contribution < -0.4 is 26.2 Å². The highest BCUT2D eigenvalue weighted by Crippen LogP contribution is 2.13. The molecule has 2 aromatic rings. The number of carbonyl (C=O) groups is 3. The molecule has 0 spiro atoms. The van der Waals surface area contributed by atoms with Gasteiger partial charge in [-0.1, -0.05) is 33.1 Å². The van der Waals surface area contributed by atoms with E-state index in [2.05, 4.69) is 28.4 Å². The van der Waals surface area contributed by atoms with Crippen LogP contribution in [0.2, 0.25) is 0 Å². The first-order chi connectivity index (χ1) is 16.4. The maximum Gasteiger partial charge on any atom is 0.269 e. The zero-order valence-corrected chi connectivity index (χ0v) is 20.4. The monoisotopic (exact) mass is 484 g/mol. The molecule has 2 aromatic carbocycles. The Morgan fingerprint density at radius 2 is 1.41 bits per heavy atom. The van der Waals surface area contributed by atoms with Gasteiger partial charge in [-0.05, 0) is 73.6 Å². The van der Waals surface area contributed by atoms with E-state index >= 15 is 0 Å². The molecule has 0 aromatic heterocycles. The van der Waals surface area contributed by atoms with Gasteiger partial charge in [-0.15, -0.1) is 0 Å². The number of benzene rings is 2. The Hall–Kier alpha value is -3.46. The van der Waals surface area contributed by atoms with Gasteiger partial charge in [0.25, 0.3) is 11.8 Å². The fraction of sp³-hybridized carbons (Fsp3) is 0.360. The van der Waals surface area contributed by atoms with Gasteiger partial charge >= 0.3 is 0 Å². The molecule has 182 valence electrons. The molecule has 4 N–H and O–H groups in total. The molecule has 0 heterocycles. The second-order valence-electron chi connectivity index (χ2n) is 7.67. The molecule has 34 heavy (non-hydrogen) atoms. The number of anilines is 1. The molecule has 8 nitrogen and oxygen atoms in total. The minimum Gasteiger partial charge on any atom is -0.494 e. The first-order valence-corrected chi connectivity index (χ1v) is 11.9. The molecule has 0 unspecified atom stereocenters. The van der Waals surface area contributed by atoms with Gasteiger partial charge in [-0.2, -0.15) is 0 Å². The van der Waals surface area contributed by atoms with Crippen LogP contribution in [0.1, 0.15) is 73.1 Å². The molecule has 0 bridgehead atoms. The zero-order chi connectivity index (χ0) is 24.8. The standard InChI is InChI=1S/C25H32N4O4S/c1-3-5-7-17-33-21-15-11-18(12-16-21)23(31)27-25(34)29-28-24(32)19-9-13-20(14-10-19)26-22(30)8-6-4-2/h9-16H,3-8,17H2,1-2H3,(H,26,30)(H,28,32)(H2,27,29,31,34). The lowest BCUT2D eigenvalue weighted by molar-refractivity contribution is -0.116. The lowest BCUT2D eigenvalue weighted by Gasteiger charge is -2.12. The number of thiocarbonyl (C=S) groups is 1. The van der Waals surface area contributed by atoms with E-state index in [0.717, 1.165) is 32.1 Å². The third kappa shape index (κ3) is 9.58. The number of rotatable bonds is 11. The number of ether oxygens (including phenoxy) is 1. The number of carbonyl (C=O) groups excluding carboxylic acids is 3. The zero-order valence-electron chi connectivity index (χ0n) is 19.6. The van der Waals surface area contributed by atoms with Gasteiger partial charge in [0.2, 0.25) is 5.91 Å². The summed E-state index contributed by atoms with van der Waals surface area (Å²) in [4.78, 5) is 36.4. The smallest absolute Gasteiger partial charge is 0.269 e. The van der Waals surface area contributed by atoms with Gasteiger partial charge in [-0.3, -0.25) is 30.6 Å². The van der Waals surface area contributed by atoms with E-state index in [4.69, 9.17) is 17.0 Å². The number of nitrogens with one attached hydrogen (secondary N) is 4. The van der Waals surface area contributed by atoms with Crippen LogP contribution in [0.5, 0.6) is 5.75 Å². The van der Waals surface area contributed by atoms with E-state index in [9.17, 15) is 14.4 Å². The van der Waals surface area contributed by atoms with Gasteiger partial charge < -0.3 is 10.1 Å².